The Bertz CT molecular complexity index is 370. The van der Waals surface area contributed by atoms with Gasteiger partial charge in [0.25, 0.3) is 0 Å². The van der Waals surface area contributed by atoms with E-state index in [0.717, 1.165) is 17.2 Å². The first-order chi connectivity index (χ1) is 6.11. The minimum absolute atomic E-state index is 0.550. The number of nitrogens with zero attached hydrogens (tertiary/aromatic N) is 2. The predicted octanol–water partition coefficient (Wildman–Crippen LogP) is -0.0426. The van der Waals surface area contributed by atoms with Crippen LogP contribution in [-0.4, -0.2) is 20.6 Å². The molecule has 1 aromatic heterocycles. The molecule has 0 spiro atoms. The maximum atomic E-state index is 10.8. The van der Waals surface area contributed by atoms with Crippen molar-refractivity contribution in [3.05, 3.63) is 17.2 Å². The summed E-state index contributed by atoms with van der Waals surface area (Å²) >= 11 is 0. The number of nitrogens with one attached hydrogen (secondary N) is 1. The number of carboxylic acid groups (broad SMARTS) is 1. The fourth-order valence-electron chi connectivity index (χ4n) is 1.69. The van der Waals surface area contributed by atoms with Crippen LogP contribution in [0, 0.1) is 6.92 Å². The van der Waals surface area contributed by atoms with Gasteiger partial charge in [0.2, 0.25) is 0 Å². The molecule has 5 heteroatoms. The molecule has 1 unspecified atom stereocenters. The molecule has 0 aromatic carbocycles. The number of imidazole rings is 1. The zero-order valence-corrected chi connectivity index (χ0v) is 7.53. The van der Waals surface area contributed by atoms with E-state index in [1.165, 1.54) is 0 Å². The van der Waals surface area contributed by atoms with Crippen LogP contribution < -0.4 is 5.32 Å². The lowest BCUT2D eigenvalue weighted by Gasteiger charge is -2.08. The Morgan fingerprint density at radius 2 is 2.46 bits per heavy atom. The molecule has 0 amide bonds. The number of hydrogen-bond donors (Lipinski definition) is 2. The van der Waals surface area contributed by atoms with E-state index < -0.39 is 12.0 Å². The fraction of sp³-hybridized carbons (Fsp3) is 0.500. The highest BCUT2D eigenvalue weighted by atomic mass is 16.4. The second-order valence-corrected chi connectivity index (χ2v) is 3.20. The van der Waals surface area contributed by atoms with Gasteiger partial charge in [-0.25, -0.2) is 4.98 Å². The van der Waals surface area contributed by atoms with E-state index in [9.17, 15) is 4.79 Å². The molecule has 0 saturated heterocycles. The summed E-state index contributed by atoms with van der Waals surface area (Å²) in [6.07, 6.45) is 0. The number of rotatable bonds is 1. The van der Waals surface area contributed by atoms with Gasteiger partial charge in [-0.3, -0.25) is 10.1 Å². The van der Waals surface area contributed by atoms with Crippen molar-refractivity contribution in [1.82, 2.24) is 14.9 Å². The highest BCUT2D eigenvalue weighted by Gasteiger charge is 2.32. The Morgan fingerprint density at radius 3 is 3.08 bits per heavy atom. The highest BCUT2D eigenvalue weighted by Crippen LogP contribution is 2.25. The van der Waals surface area contributed by atoms with Gasteiger partial charge in [0.15, 0.2) is 0 Å². The second-order valence-electron chi connectivity index (χ2n) is 3.20. The number of fused-ring (bicyclic) bond motifs is 1. The molecule has 2 heterocycles. The summed E-state index contributed by atoms with van der Waals surface area (Å²) in [7, 11) is 1.84. The van der Waals surface area contributed by atoms with Crippen LogP contribution in [-0.2, 0) is 18.4 Å². The van der Waals surface area contributed by atoms with Gasteiger partial charge in [-0.1, -0.05) is 0 Å². The molecular formula is C8H11N3O2. The normalized spacial score (nSPS) is 20.3. The lowest BCUT2D eigenvalue weighted by Crippen LogP contribution is -2.23. The minimum atomic E-state index is -0.846. The molecule has 0 fully saturated rings. The van der Waals surface area contributed by atoms with E-state index in [1.54, 1.807) is 0 Å². The first-order valence-corrected chi connectivity index (χ1v) is 4.09. The second kappa shape index (κ2) is 2.56. The molecule has 0 aliphatic carbocycles. The van der Waals surface area contributed by atoms with E-state index in [-0.39, 0.29) is 0 Å². The van der Waals surface area contributed by atoms with Crippen LogP contribution in [0.4, 0.5) is 0 Å². The summed E-state index contributed by atoms with van der Waals surface area (Å²) in [6.45, 7) is 2.42. The third kappa shape index (κ3) is 1.04. The monoisotopic (exact) mass is 181 g/mol. The third-order valence-corrected chi connectivity index (χ3v) is 2.43. The van der Waals surface area contributed by atoms with Crippen LogP contribution in [0.15, 0.2) is 0 Å². The Balaban J connectivity index is 2.51. The van der Waals surface area contributed by atoms with Gasteiger partial charge >= 0.3 is 5.97 Å². The van der Waals surface area contributed by atoms with Crippen LogP contribution in [0.2, 0.25) is 0 Å². The Morgan fingerprint density at radius 1 is 1.77 bits per heavy atom. The molecule has 2 N–H and O–H groups in total. The molecule has 1 aliphatic heterocycles. The number of aryl methyl sites for hydroxylation is 1. The predicted molar refractivity (Wildman–Crippen MR) is 45.2 cm³/mol. The molecule has 1 aromatic rings. The minimum Gasteiger partial charge on any atom is -0.480 e. The summed E-state index contributed by atoms with van der Waals surface area (Å²) < 4.78 is 1.83. The number of carboxylic acids is 1. The lowest BCUT2D eigenvalue weighted by molar-refractivity contribution is -0.139. The molecule has 0 bridgehead atoms. The molecular weight excluding hydrogens is 170 g/mol. The van der Waals surface area contributed by atoms with Crippen molar-refractivity contribution in [2.24, 2.45) is 7.05 Å². The Hall–Kier alpha value is -1.36. The van der Waals surface area contributed by atoms with E-state index in [1.807, 2.05) is 18.5 Å². The van der Waals surface area contributed by atoms with Crippen molar-refractivity contribution in [3.63, 3.8) is 0 Å². The summed E-state index contributed by atoms with van der Waals surface area (Å²) in [4.78, 5) is 15.1. The van der Waals surface area contributed by atoms with Crippen molar-refractivity contribution in [1.29, 1.82) is 0 Å². The number of aromatic nitrogens is 2. The summed E-state index contributed by atoms with van der Waals surface area (Å²) in [5.41, 5.74) is 1.64. The number of aliphatic carboxylic acids is 1. The van der Waals surface area contributed by atoms with Crippen LogP contribution in [0.5, 0.6) is 0 Å². The standard InChI is InChI=1S/C8H11N3O2/c1-4-10-5-3-9-6(8(12)13)7(5)11(4)2/h6,9H,3H2,1-2H3,(H,12,13). The van der Waals surface area contributed by atoms with Gasteiger partial charge in [-0.05, 0) is 6.92 Å². The molecule has 2 rings (SSSR count). The Kier molecular flexibility index (Phi) is 1.63. The number of hydrogen-bond acceptors (Lipinski definition) is 3. The quantitative estimate of drug-likeness (QED) is 0.637. The molecule has 0 saturated carbocycles. The maximum Gasteiger partial charge on any atom is 0.326 e. The van der Waals surface area contributed by atoms with Gasteiger partial charge < -0.3 is 9.67 Å². The Labute approximate surface area is 75.4 Å². The van der Waals surface area contributed by atoms with Crippen molar-refractivity contribution in [2.45, 2.75) is 19.5 Å². The van der Waals surface area contributed by atoms with Crippen molar-refractivity contribution in [2.75, 3.05) is 0 Å². The van der Waals surface area contributed by atoms with Crippen LogP contribution >= 0.6 is 0 Å². The topological polar surface area (TPSA) is 67.2 Å². The zero-order valence-electron chi connectivity index (χ0n) is 7.53. The molecule has 5 nitrogen and oxygen atoms in total. The van der Waals surface area contributed by atoms with Crippen LogP contribution in [0.3, 0.4) is 0 Å². The largest absolute Gasteiger partial charge is 0.480 e. The molecule has 0 radical (unpaired) electrons. The molecule has 1 aliphatic rings. The average molecular weight is 181 g/mol. The zero-order chi connectivity index (χ0) is 9.59. The van der Waals surface area contributed by atoms with Gasteiger partial charge in [-0.2, -0.15) is 0 Å². The molecule has 1 atom stereocenters. The van der Waals surface area contributed by atoms with Gasteiger partial charge in [-0.15, -0.1) is 0 Å². The van der Waals surface area contributed by atoms with E-state index in [4.69, 9.17) is 5.11 Å². The van der Waals surface area contributed by atoms with Gasteiger partial charge in [0.1, 0.15) is 11.9 Å². The molecule has 70 valence electrons. The molecule has 13 heavy (non-hydrogen) atoms. The van der Waals surface area contributed by atoms with Gasteiger partial charge in [0.05, 0.1) is 11.4 Å². The average Bonchev–Trinajstić information content (AvgIpc) is 2.55. The first kappa shape index (κ1) is 8.25. The first-order valence-electron chi connectivity index (χ1n) is 4.09. The van der Waals surface area contributed by atoms with E-state index in [2.05, 4.69) is 10.3 Å². The van der Waals surface area contributed by atoms with Crippen molar-refractivity contribution < 1.29 is 9.90 Å². The third-order valence-electron chi connectivity index (χ3n) is 2.43. The number of carbonyl (C=O) groups is 1. The highest BCUT2D eigenvalue weighted by molar-refractivity contribution is 5.76. The van der Waals surface area contributed by atoms with Crippen LogP contribution in [0.25, 0.3) is 0 Å². The summed E-state index contributed by atoms with van der Waals surface area (Å²) in [6, 6.07) is -0.596. The van der Waals surface area contributed by atoms with E-state index >= 15 is 0 Å². The SMILES string of the molecule is Cc1nc2c(n1C)C(C(=O)O)NC2. The van der Waals surface area contributed by atoms with E-state index in [0.29, 0.717) is 6.54 Å². The fourth-order valence-corrected chi connectivity index (χ4v) is 1.69. The summed E-state index contributed by atoms with van der Waals surface area (Å²) in [5, 5.41) is 11.8. The van der Waals surface area contributed by atoms with Gasteiger partial charge in [0, 0.05) is 13.6 Å². The maximum absolute atomic E-state index is 10.8. The van der Waals surface area contributed by atoms with Crippen molar-refractivity contribution in [3.8, 4) is 0 Å². The smallest absolute Gasteiger partial charge is 0.326 e. The van der Waals surface area contributed by atoms with Crippen molar-refractivity contribution >= 4 is 5.97 Å². The lowest BCUT2D eigenvalue weighted by atomic mass is 10.2. The summed E-state index contributed by atoms with van der Waals surface area (Å²) in [5.74, 6) is 0.0134. The van der Waals surface area contributed by atoms with Crippen LogP contribution in [0.1, 0.15) is 23.3 Å².